The molecule has 0 aliphatic heterocycles. The number of aliphatic hydroxyl groups is 1. The fraction of sp³-hybridized carbons (Fsp3) is 0.364. The number of halogens is 4. The minimum atomic E-state index is -4.69. The number of hydrogen-bond donors (Lipinski definition) is 2. The molecule has 0 radical (unpaired) electrons. The van der Waals surface area contributed by atoms with Crippen LogP contribution in [0.5, 0.6) is 0 Å². The van der Waals surface area contributed by atoms with Gasteiger partial charge in [-0.15, -0.1) is 0 Å². The Labute approximate surface area is 107 Å². The Bertz CT molecular complexity index is 406. The van der Waals surface area contributed by atoms with Crippen molar-refractivity contribution in [2.75, 3.05) is 5.32 Å². The molecule has 0 unspecified atom stereocenters. The van der Waals surface area contributed by atoms with Crippen LogP contribution in [0.2, 0.25) is 5.02 Å². The second kappa shape index (κ2) is 6.06. The molecule has 1 aromatic carbocycles. The first kappa shape index (κ1) is 14.8. The van der Waals surface area contributed by atoms with E-state index in [2.05, 4.69) is 5.32 Å². The molecule has 1 amide bonds. The SMILES string of the molecule is O=C(CC[C@@H](O)C(F)(F)F)Nc1ccc(Cl)cc1. The highest BCUT2D eigenvalue weighted by atomic mass is 35.5. The van der Waals surface area contributed by atoms with Crippen LogP contribution in [0.1, 0.15) is 12.8 Å². The first-order valence-corrected chi connectivity index (χ1v) is 5.47. The summed E-state index contributed by atoms with van der Waals surface area (Å²) in [6, 6.07) is 6.14. The highest BCUT2D eigenvalue weighted by molar-refractivity contribution is 6.30. The summed E-state index contributed by atoms with van der Waals surface area (Å²) < 4.78 is 35.9. The topological polar surface area (TPSA) is 49.3 Å². The summed E-state index contributed by atoms with van der Waals surface area (Å²) in [6.07, 6.45) is -8.25. The minimum Gasteiger partial charge on any atom is -0.384 e. The number of aliphatic hydroxyl groups excluding tert-OH is 1. The van der Waals surface area contributed by atoms with Crippen LogP contribution in [0.3, 0.4) is 0 Å². The summed E-state index contributed by atoms with van der Waals surface area (Å²) in [6.45, 7) is 0. The van der Waals surface area contributed by atoms with Crippen molar-refractivity contribution in [3.63, 3.8) is 0 Å². The third-order valence-electron chi connectivity index (χ3n) is 2.15. The van der Waals surface area contributed by atoms with Crippen molar-refractivity contribution in [3.8, 4) is 0 Å². The van der Waals surface area contributed by atoms with Gasteiger partial charge in [-0.2, -0.15) is 13.2 Å². The molecule has 1 rings (SSSR count). The summed E-state index contributed by atoms with van der Waals surface area (Å²) in [7, 11) is 0. The van der Waals surface area contributed by atoms with Gasteiger partial charge in [0.2, 0.25) is 5.91 Å². The quantitative estimate of drug-likeness (QED) is 0.891. The van der Waals surface area contributed by atoms with Crippen molar-refractivity contribution in [1.29, 1.82) is 0 Å². The number of nitrogens with one attached hydrogen (secondary N) is 1. The second-order valence-electron chi connectivity index (χ2n) is 3.65. The number of hydrogen-bond acceptors (Lipinski definition) is 2. The Balaban J connectivity index is 2.41. The number of anilines is 1. The molecule has 0 heterocycles. The molecule has 7 heteroatoms. The van der Waals surface area contributed by atoms with Crippen LogP contribution < -0.4 is 5.32 Å². The summed E-state index contributed by atoms with van der Waals surface area (Å²) in [4.78, 5) is 11.3. The van der Waals surface area contributed by atoms with Gasteiger partial charge in [0.1, 0.15) is 6.10 Å². The van der Waals surface area contributed by atoms with Crippen molar-refractivity contribution in [2.45, 2.75) is 25.1 Å². The van der Waals surface area contributed by atoms with Gasteiger partial charge in [-0.05, 0) is 30.7 Å². The van der Waals surface area contributed by atoms with E-state index in [1.54, 1.807) is 12.1 Å². The zero-order chi connectivity index (χ0) is 13.8. The van der Waals surface area contributed by atoms with Crippen LogP contribution in [-0.4, -0.2) is 23.3 Å². The first-order chi connectivity index (χ1) is 8.29. The highest BCUT2D eigenvalue weighted by Crippen LogP contribution is 2.23. The second-order valence-corrected chi connectivity index (χ2v) is 4.09. The Hall–Kier alpha value is -1.27. The number of rotatable bonds is 4. The van der Waals surface area contributed by atoms with Crippen molar-refractivity contribution < 1.29 is 23.1 Å². The lowest BCUT2D eigenvalue weighted by Crippen LogP contribution is -2.29. The zero-order valence-corrected chi connectivity index (χ0v) is 9.92. The van der Waals surface area contributed by atoms with E-state index in [4.69, 9.17) is 16.7 Å². The van der Waals surface area contributed by atoms with E-state index >= 15 is 0 Å². The van der Waals surface area contributed by atoms with Gasteiger partial charge >= 0.3 is 6.18 Å². The third kappa shape index (κ3) is 4.93. The van der Waals surface area contributed by atoms with Gasteiger partial charge in [-0.3, -0.25) is 4.79 Å². The Morgan fingerprint density at radius 2 is 1.89 bits per heavy atom. The first-order valence-electron chi connectivity index (χ1n) is 5.09. The molecule has 0 saturated carbocycles. The monoisotopic (exact) mass is 281 g/mol. The molecule has 0 spiro atoms. The van der Waals surface area contributed by atoms with Crippen molar-refractivity contribution in [3.05, 3.63) is 29.3 Å². The Kier molecular flexibility index (Phi) is 4.98. The van der Waals surface area contributed by atoms with Gasteiger partial charge in [0.05, 0.1) is 0 Å². The van der Waals surface area contributed by atoms with Crippen molar-refractivity contribution in [2.24, 2.45) is 0 Å². The molecule has 0 fully saturated rings. The molecular weight excluding hydrogens is 271 g/mol. The molecule has 0 aromatic heterocycles. The van der Waals surface area contributed by atoms with Gasteiger partial charge in [-0.25, -0.2) is 0 Å². The van der Waals surface area contributed by atoms with Gasteiger partial charge in [0.15, 0.2) is 0 Å². The number of amides is 1. The smallest absolute Gasteiger partial charge is 0.384 e. The van der Waals surface area contributed by atoms with E-state index in [1.165, 1.54) is 12.1 Å². The molecule has 2 N–H and O–H groups in total. The summed E-state index contributed by atoms with van der Waals surface area (Å²) in [5, 5.41) is 11.6. The fourth-order valence-corrected chi connectivity index (χ4v) is 1.31. The molecule has 1 atom stereocenters. The lowest BCUT2D eigenvalue weighted by molar-refractivity contribution is -0.205. The van der Waals surface area contributed by atoms with Gasteiger partial charge in [0, 0.05) is 17.1 Å². The lowest BCUT2D eigenvalue weighted by Gasteiger charge is -2.13. The predicted molar refractivity (Wildman–Crippen MR) is 61.4 cm³/mol. The number of carbonyl (C=O) groups is 1. The average molecular weight is 282 g/mol. The summed E-state index contributed by atoms with van der Waals surface area (Å²) in [5.41, 5.74) is 0.436. The van der Waals surface area contributed by atoms with Gasteiger partial charge in [0.25, 0.3) is 0 Å². The zero-order valence-electron chi connectivity index (χ0n) is 9.17. The highest BCUT2D eigenvalue weighted by Gasteiger charge is 2.37. The fourth-order valence-electron chi connectivity index (χ4n) is 1.19. The number of alkyl halides is 3. The summed E-state index contributed by atoms with van der Waals surface area (Å²) in [5.74, 6) is -0.597. The van der Waals surface area contributed by atoms with Crippen LogP contribution in [0.25, 0.3) is 0 Å². The number of benzene rings is 1. The standard InChI is InChI=1S/C11H11ClF3NO2/c12-7-1-3-8(4-2-7)16-10(18)6-5-9(17)11(13,14)15/h1-4,9,17H,5-6H2,(H,16,18)/t9-/m1/s1. The molecule has 3 nitrogen and oxygen atoms in total. The maximum atomic E-state index is 12.0. The molecule has 0 saturated heterocycles. The molecule has 0 aliphatic carbocycles. The van der Waals surface area contributed by atoms with Crippen LogP contribution >= 0.6 is 11.6 Å². The van der Waals surface area contributed by atoms with Crippen LogP contribution in [0, 0.1) is 0 Å². The predicted octanol–water partition coefficient (Wildman–Crippen LogP) is 2.98. The average Bonchev–Trinajstić information content (AvgIpc) is 2.28. The maximum Gasteiger partial charge on any atom is 0.414 e. The molecule has 18 heavy (non-hydrogen) atoms. The van der Waals surface area contributed by atoms with E-state index in [0.717, 1.165) is 0 Å². The summed E-state index contributed by atoms with van der Waals surface area (Å²) >= 11 is 5.63. The molecule has 0 aliphatic rings. The lowest BCUT2D eigenvalue weighted by atomic mass is 10.2. The van der Waals surface area contributed by atoms with E-state index in [1.807, 2.05) is 0 Å². The normalized spacial score (nSPS) is 13.2. The van der Waals surface area contributed by atoms with E-state index in [-0.39, 0.29) is 0 Å². The minimum absolute atomic E-state index is 0.413. The van der Waals surface area contributed by atoms with Crippen LogP contribution in [-0.2, 0) is 4.79 Å². The van der Waals surface area contributed by atoms with Crippen molar-refractivity contribution >= 4 is 23.2 Å². The maximum absolute atomic E-state index is 12.0. The molecule has 0 bridgehead atoms. The van der Waals surface area contributed by atoms with Crippen molar-refractivity contribution in [1.82, 2.24) is 0 Å². The Morgan fingerprint density at radius 1 is 1.33 bits per heavy atom. The molecular formula is C11H11ClF3NO2. The largest absolute Gasteiger partial charge is 0.414 e. The molecule has 1 aromatic rings. The molecule has 100 valence electrons. The van der Waals surface area contributed by atoms with E-state index in [9.17, 15) is 18.0 Å². The Morgan fingerprint density at radius 3 is 2.39 bits per heavy atom. The van der Waals surface area contributed by atoms with Crippen LogP contribution in [0.15, 0.2) is 24.3 Å². The van der Waals surface area contributed by atoms with Gasteiger partial charge in [-0.1, -0.05) is 11.6 Å². The van der Waals surface area contributed by atoms with E-state index < -0.39 is 31.0 Å². The van der Waals surface area contributed by atoms with E-state index in [0.29, 0.717) is 10.7 Å². The number of carbonyl (C=O) groups excluding carboxylic acids is 1. The third-order valence-corrected chi connectivity index (χ3v) is 2.40. The van der Waals surface area contributed by atoms with Gasteiger partial charge < -0.3 is 10.4 Å². The van der Waals surface area contributed by atoms with Crippen LogP contribution in [0.4, 0.5) is 18.9 Å².